The van der Waals surface area contributed by atoms with E-state index in [1.165, 1.54) is 38.0 Å². The van der Waals surface area contributed by atoms with Gasteiger partial charge in [-0.15, -0.1) is 0 Å². The van der Waals surface area contributed by atoms with Crippen molar-refractivity contribution >= 4 is 40.3 Å². The average Bonchev–Trinajstić information content (AvgIpc) is 2.57. The zero-order chi connectivity index (χ0) is 16.3. The molecule has 0 spiro atoms. The first kappa shape index (κ1) is 19.5. The van der Waals surface area contributed by atoms with Crippen LogP contribution in [0.1, 0.15) is 19.4 Å². The van der Waals surface area contributed by atoms with Crippen molar-refractivity contribution in [2.75, 3.05) is 0 Å². The minimum Gasteiger partial charge on any atom is 0 e. The molecular formula is C21H23CuGeP+. The first-order valence-corrected chi connectivity index (χ1v) is 11.0. The summed E-state index contributed by atoms with van der Waals surface area (Å²) in [5.74, 6) is 0. The Hall–Kier alpha value is -0.848. The molecule has 0 aromatic heterocycles. The van der Waals surface area contributed by atoms with Gasteiger partial charge in [0.15, 0.2) is 0 Å². The Balaban J connectivity index is 0.00000208. The summed E-state index contributed by atoms with van der Waals surface area (Å²) in [5.41, 5.74) is 1.52. The number of hydrogen-bond acceptors (Lipinski definition) is 0. The van der Waals surface area contributed by atoms with Crippen LogP contribution in [-0.2, 0) is 21.3 Å². The molecule has 0 heterocycles. The molecule has 24 heavy (non-hydrogen) atoms. The van der Waals surface area contributed by atoms with Gasteiger partial charge in [-0.2, -0.15) is 0 Å². The molecule has 0 nitrogen and oxygen atoms in total. The Labute approximate surface area is 165 Å². The monoisotopic (exact) mass is 443 g/mol. The van der Waals surface area contributed by atoms with E-state index in [0.717, 1.165) is 0 Å². The van der Waals surface area contributed by atoms with E-state index >= 15 is 0 Å². The van der Waals surface area contributed by atoms with Gasteiger partial charge in [-0.25, -0.2) is 0 Å². The van der Waals surface area contributed by atoms with Crippen molar-refractivity contribution in [1.29, 1.82) is 0 Å². The van der Waals surface area contributed by atoms with Gasteiger partial charge in [0.1, 0.15) is 0 Å². The van der Waals surface area contributed by atoms with Gasteiger partial charge >= 0.3 is 149 Å². The van der Waals surface area contributed by atoms with E-state index in [2.05, 4.69) is 98.8 Å². The van der Waals surface area contributed by atoms with Gasteiger partial charge in [0.05, 0.1) is 0 Å². The van der Waals surface area contributed by atoms with Crippen molar-refractivity contribution in [2.45, 2.75) is 18.1 Å². The predicted molar refractivity (Wildman–Crippen MR) is 108 cm³/mol. The molecule has 126 valence electrons. The van der Waals surface area contributed by atoms with E-state index < -0.39 is 7.92 Å². The second-order valence-corrected chi connectivity index (χ2v) is 12.7. The molecule has 0 aliphatic heterocycles. The van der Waals surface area contributed by atoms with E-state index in [-0.39, 0.29) is 21.3 Å². The second kappa shape index (κ2) is 8.50. The van der Waals surface area contributed by atoms with E-state index in [4.69, 9.17) is 0 Å². The van der Waals surface area contributed by atoms with Crippen LogP contribution in [0.4, 0.5) is 0 Å². The van der Waals surface area contributed by atoms with Crippen LogP contribution in [-0.4, -0.2) is 16.5 Å². The smallest absolute Gasteiger partial charge is 0 e. The molecule has 0 saturated heterocycles. The Morgan fingerprint density at radius 2 is 1.08 bits per heavy atom. The van der Waals surface area contributed by atoms with Crippen LogP contribution in [0.25, 0.3) is 0 Å². The molecular weight excluding hydrogens is 419 g/mol. The van der Waals surface area contributed by atoms with Gasteiger partial charge in [0.2, 0.25) is 0 Å². The molecule has 0 atom stereocenters. The third-order valence-corrected chi connectivity index (χ3v) is 7.65. The summed E-state index contributed by atoms with van der Waals surface area (Å²) in [4.78, 5) is 0. The molecule has 3 heteroatoms. The Morgan fingerprint density at radius 3 is 1.54 bits per heavy atom. The zero-order valence-corrected chi connectivity index (χ0v) is 19.0. The largest absolute Gasteiger partial charge is 0 e. The molecule has 3 aromatic carbocycles. The molecule has 3 rings (SSSR count). The minimum absolute atomic E-state index is 0. The zero-order valence-electron chi connectivity index (χ0n) is 14.1. The predicted octanol–water partition coefficient (Wildman–Crippen LogP) is 3.04. The normalized spacial score (nSPS) is 11.2. The molecule has 0 saturated carbocycles. The van der Waals surface area contributed by atoms with Crippen molar-refractivity contribution in [1.82, 2.24) is 0 Å². The molecule has 0 unspecified atom stereocenters. The Kier molecular flexibility index (Phi) is 6.90. The van der Waals surface area contributed by atoms with Crippen molar-refractivity contribution in [2.24, 2.45) is 0 Å². The van der Waals surface area contributed by atoms with Crippen LogP contribution in [0, 0.1) is 0 Å². The topological polar surface area (TPSA) is 0 Å². The molecule has 0 aliphatic carbocycles. The number of hydrogen-bond donors (Lipinski definition) is 0. The fourth-order valence-corrected chi connectivity index (χ4v) is 6.96. The summed E-state index contributed by atoms with van der Waals surface area (Å²) in [5, 5.41) is 4.45. The fourth-order valence-electron chi connectivity index (χ4n) is 2.98. The first-order chi connectivity index (χ1) is 11.1. The van der Waals surface area contributed by atoms with Crippen LogP contribution < -0.4 is 15.9 Å². The van der Waals surface area contributed by atoms with Crippen LogP contribution in [0.3, 0.4) is 0 Å². The number of benzene rings is 3. The molecule has 0 bridgehead atoms. The number of rotatable bonds is 4. The quantitative estimate of drug-likeness (QED) is 0.431. The third-order valence-electron chi connectivity index (χ3n) is 4.05. The van der Waals surface area contributed by atoms with Gasteiger partial charge < -0.3 is 0 Å². The Bertz CT molecular complexity index is 727. The van der Waals surface area contributed by atoms with Crippen LogP contribution in [0.5, 0.6) is 0 Å². The summed E-state index contributed by atoms with van der Waals surface area (Å²) < 4.78 is 0.274. The maximum absolute atomic E-state index is 2.36. The molecule has 0 N–H and O–H groups in total. The van der Waals surface area contributed by atoms with Gasteiger partial charge in [-0.1, -0.05) is 0 Å². The SMILES string of the molecule is C[C](C)([GeH2])c1ccccc1[PH+](c1ccccc1)c1ccccc1.[Cu]. The van der Waals surface area contributed by atoms with Crippen LogP contribution in [0.15, 0.2) is 84.9 Å². The van der Waals surface area contributed by atoms with Gasteiger partial charge in [0.25, 0.3) is 0 Å². The van der Waals surface area contributed by atoms with Gasteiger partial charge in [0, 0.05) is 17.1 Å². The molecule has 0 amide bonds. The minimum atomic E-state index is -0.969. The average molecular weight is 443 g/mol. The fraction of sp³-hybridized carbons (Fsp3) is 0.143. The van der Waals surface area contributed by atoms with Crippen molar-refractivity contribution in [3.63, 3.8) is 0 Å². The van der Waals surface area contributed by atoms with E-state index in [9.17, 15) is 0 Å². The second-order valence-electron chi connectivity index (χ2n) is 6.54. The summed E-state index contributed by atoms with van der Waals surface area (Å²) in [6.45, 7) is 4.72. The summed E-state index contributed by atoms with van der Waals surface area (Å²) in [7, 11) is -0.969. The van der Waals surface area contributed by atoms with E-state index in [0.29, 0.717) is 0 Å². The van der Waals surface area contributed by atoms with Crippen LogP contribution in [0.2, 0.25) is 0 Å². The molecule has 0 aliphatic rings. The van der Waals surface area contributed by atoms with E-state index in [1.807, 2.05) is 0 Å². The third kappa shape index (κ3) is 4.41. The summed E-state index contributed by atoms with van der Waals surface area (Å²) in [6, 6.07) is 31.1. The van der Waals surface area contributed by atoms with Crippen molar-refractivity contribution < 1.29 is 17.1 Å². The van der Waals surface area contributed by atoms with E-state index in [1.54, 1.807) is 0 Å². The maximum Gasteiger partial charge on any atom is 0 e. The standard InChI is InChI=1S/C21H22GeP.Cu/c1-21(2,22)19-15-9-10-16-20(19)23(17-11-5-3-6-12-17)18-13-7-4-8-14-18;/h3-16H,22H2,1-2H3;/p+1. The Morgan fingerprint density at radius 1 is 0.667 bits per heavy atom. The maximum atomic E-state index is 2.36. The molecule has 0 fully saturated rings. The molecule has 2 radical (unpaired) electrons. The van der Waals surface area contributed by atoms with Crippen molar-refractivity contribution in [3.8, 4) is 0 Å². The van der Waals surface area contributed by atoms with Crippen molar-refractivity contribution in [3.05, 3.63) is 90.5 Å². The summed E-state index contributed by atoms with van der Waals surface area (Å²) >= 11 is 1.27. The van der Waals surface area contributed by atoms with Gasteiger partial charge in [-0.3, -0.25) is 0 Å². The van der Waals surface area contributed by atoms with Gasteiger partial charge in [-0.05, 0) is 0 Å². The molecule has 3 aromatic rings. The van der Waals surface area contributed by atoms with Crippen LogP contribution >= 0.6 is 7.92 Å². The summed E-state index contributed by atoms with van der Waals surface area (Å²) in [6.07, 6.45) is 0. The first-order valence-electron chi connectivity index (χ1n) is 8.00.